The van der Waals surface area contributed by atoms with Crippen molar-refractivity contribution < 1.29 is 9.90 Å². The maximum atomic E-state index is 10.4. The van der Waals surface area contributed by atoms with Gasteiger partial charge in [0.2, 0.25) is 0 Å². The third-order valence-electron chi connectivity index (χ3n) is 1.44. The molecule has 0 saturated carbocycles. The highest BCUT2D eigenvalue weighted by Gasteiger charge is 2.25. The van der Waals surface area contributed by atoms with E-state index >= 15 is 0 Å². The van der Waals surface area contributed by atoms with Gasteiger partial charge in [-0.05, 0) is 20.3 Å². The van der Waals surface area contributed by atoms with Crippen molar-refractivity contribution in [3.8, 4) is 6.07 Å². The Kier molecular flexibility index (Phi) is 2.88. The van der Waals surface area contributed by atoms with Gasteiger partial charge in [-0.3, -0.25) is 4.79 Å². The summed E-state index contributed by atoms with van der Waals surface area (Å²) in [6, 6.07) is 1.92. The van der Waals surface area contributed by atoms with Crippen LogP contribution < -0.4 is 0 Å². The first-order valence-electron chi connectivity index (χ1n) is 3.11. The van der Waals surface area contributed by atoms with Crippen molar-refractivity contribution in [1.82, 2.24) is 0 Å². The molecule has 0 spiro atoms. The molecule has 10 heavy (non-hydrogen) atoms. The van der Waals surface area contributed by atoms with Crippen molar-refractivity contribution >= 4 is 5.97 Å². The lowest BCUT2D eigenvalue weighted by Gasteiger charge is -2.15. The molecule has 0 fully saturated rings. The summed E-state index contributed by atoms with van der Waals surface area (Å²) >= 11 is 0. The van der Waals surface area contributed by atoms with Gasteiger partial charge in [-0.2, -0.15) is 5.26 Å². The SMILES string of the molecule is CC(C)(CCC#N)C(=O)O. The van der Waals surface area contributed by atoms with E-state index < -0.39 is 11.4 Å². The highest BCUT2D eigenvalue weighted by molar-refractivity contribution is 5.73. The number of rotatable bonds is 3. The number of nitriles is 1. The van der Waals surface area contributed by atoms with Crippen LogP contribution >= 0.6 is 0 Å². The predicted molar refractivity (Wildman–Crippen MR) is 36.3 cm³/mol. The van der Waals surface area contributed by atoms with Gasteiger partial charge < -0.3 is 5.11 Å². The molecule has 1 N–H and O–H groups in total. The summed E-state index contributed by atoms with van der Waals surface area (Å²) in [4.78, 5) is 10.4. The van der Waals surface area contributed by atoms with Gasteiger partial charge >= 0.3 is 5.97 Å². The van der Waals surface area contributed by atoms with Gasteiger partial charge in [0, 0.05) is 6.42 Å². The van der Waals surface area contributed by atoms with Crippen molar-refractivity contribution in [2.24, 2.45) is 5.41 Å². The molecular weight excluding hydrogens is 130 g/mol. The Hall–Kier alpha value is -1.04. The Morgan fingerprint density at radius 2 is 2.20 bits per heavy atom. The van der Waals surface area contributed by atoms with E-state index in [9.17, 15) is 4.79 Å². The topological polar surface area (TPSA) is 61.1 Å². The average molecular weight is 141 g/mol. The second kappa shape index (κ2) is 3.21. The Morgan fingerprint density at radius 1 is 1.70 bits per heavy atom. The molecule has 0 atom stereocenters. The van der Waals surface area contributed by atoms with Crippen molar-refractivity contribution in [3.63, 3.8) is 0 Å². The number of hydrogen-bond acceptors (Lipinski definition) is 2. The minimum Gasteiger partial charge on any atom is -0.481 e. The van der Waals surface area contributed by atoms with E-state index in [4.69, 9.17) is 10.4 Å². The van der Waals surface area contributed by atoms with E-state index in [1.54, 1.807) is 13.8 Å². The van der Waals surface area contributed by atoms with Crippen LogP contribution in [0.3, 0.4) is 0 Å². The molecule has 0 aromatic heterocycles. The van der Waals surface area contributed by atoms with Crippen LogP contribution in [0.15, 0.2) is 0 Å². The first kappa shape index (κ1) is 8.96. The summed E-state index contributed by atoms with van der Waals surface area (Å²) in [7, 11) is 0. The highest BCUT2D eigenvalue weighted by Crippen LogP contribution is 2.21. The van der Waals surface area contributed by atoms with Gasteiger partial charge in [0.15, 0.2) is 0 Å². The molecule has 0 heterocycles. The zero-order chi connectivity index (χ0) is 8.20. The minimum absolute atomic E-state index is 0.305. The maximum Gasteiger partial charge on any atom is 0.309 e. The molecule has 0 radical (unpaired) electrons. The molecule has 3 heteroatoms. The first-order chi connectivity index (χ1) is 4.50. The summed E-state index contributed by atoms with van der Waals surface area (Å²) in [6.45, 7) is 3.24. The minimum atomic E-state index is -0.845. The smallest absolute Gasteiger partial charge is 0.309 e. The molecule has 0 aromatic rings. The van der Waals surface area contributed by atoms with Crippen LogP contribution in [0.25, 0.3) is 0 Å². The van der Waals surface area contributed by atoms with Gasteiger partial charge in [0.1, 0.15) is 0 Å². The fraction of sp³-hybridized carbons (Fsp3) is 0.714. The van der Waals surface area contributed by atoms with Crippen molar-refractivity contribution in [2.45, 2.75) is 26.7 Å². The van der Waals surface area contributed by atoms with Crippen molar-refractivity contribution in [3.05, 3.63) is 0 Å². The number of aliphatic carboxylic acids is 1. The van der Waals surface area contributed by atoms with E-state index in [1.165, 1.54) is 0 Å². The third kappa shape index (κ3) is 2.49. The molecule has 0 unspecified atom stereocenters. The zero-order valence-electron chi connectivity index (χ0n) is 6.22. The lowest BCUT2D eigenvalue weighted by Crippen LogP contribution is -2.23. The highest BCUT2D eigenvalue weighted by atomic mass is 16.4. The van der Waals surface area contributed by atoms with Crippen LogP contribution in [0.4, 0.5) is 0 Å². The van der Waals surface area contributed by atoms with E-state index in [2.05, 4.69) is 0 Å². The molecule has 0 bridgehead atoms. The molecule has 0 aliphatic heterocycles. The Bertz CT molecular complexity index is 167. The molecule has 3 nitrogen and oxygen atoms in total. The Labute approximate surface area is 60.3 Å². The molecule has 0 aliphatic rings. The van der Waals surface area contributed by atoms with Gasteiger partial charge in [-0.1, -0.05) is 0 Å². The lowest BCUT2D eigenvalue weighted by atomic mass is 9.88. The summed E-state index contributed by atoms with van der Waals surface area (Å²) in [5, 5.41) is 16.7. The Balaban J connectivity index is 3.90. The normalized spacial score (nSPS) is 10.5. The van der Waals surface area contributed by atoms with Gasteiger partial charge in [-0.15, -0.1) is 0 Å². The maximum absolute atomic E-state index is 10.4. The number of carboxylic acids is 1. The van der Waals surface area contributed by atoms with Crippen LogP contribution in [0.5, 0.6) is 0 Å². The molecule has 56 valence electrons. The lowest BCUT2D eigenvalue weighted by molar-refractivity contribution is -0.147. The third-order valence-corrected chi connectivity index (χ3v) is 1.44. The Morgan fingerprint density at radius 3 is 2.50 bits per heavy atom. The average Bonchev–Trinajstić information content (AvgIpc) is 1.84. The summed E-state index contributed by atoms with van der Waals surface area (Å²) < 4.78 is 0. The molecule has 0 rings (SSSR count). The van der Waals surface area contributed by atoms with E-state index in [0.29, 0.717) is 12.8 Å². The van der Waals surface area contributed by atoms with Gasteiger partial charge in [0.25, 0.3) is 0 Å². The number of carboxylic acid groups (broad SMARTS) is 1. The quantitative estimate of drug-likeness (QED) is 0.646. The van der Waals surface area contributed by atoms with Crippen LogP contribution in [0, 0.1) is 16.7 Å². The monoisotopic (exact) mass is 141 g/mol. The van der Waals surface area contributed by atoms with Crippen LogP contribution in [-0.4, -0.2) is 11.1 Å². The molecule has 0 saturated heterocycles. The standard InChI is InChI=1S/C7H11NO2/c1-7(2,6(9)10)4-3-5-8/h3-4H2,1-2H3,(H,9,10). The van der Waals surface area contributed by atoms with Crippen LogP contribution in [0.2, 0.25) is 0 Å². The summed E-state index contributed by atoms with van der Waals surface area (Å²) in [6.07, 6.45) is 0.720. The van der Waals surface area contributed by atoms with E-state index in [0.717, 1.165) is 0 Å². The fourth-order valence-corrected chi connectivity index (χ4v) is 0.475. The second-order valence-electron chi connectivity index (χ2n) is 2.85. The van der Waals surface area contributed by atoms with E-state index in [1.807, 2.05) is 6.07 Å². The zero-order valence-corrected chi connectivity index (χ0v) is 6.22. The first-order valence-corrected chi connectivity index (χ1v) is 3.11. The van der Waals surface area contributed by atoms with Crippen LogP contribution in [-0.2, 0) is 4.79 Å². The molecule has 0 aromatic carbocycles. The van der Waals surface area contributed by atoms with Crippen molar-refractivity contribution in [2.75, 3.05) is 0 Å². The molecular formula is C7H11NO2. The number of hydrogen-bond donors (Lipinski definition) is 1. The molecule has 0 aliphatic carbocycles. The number of carbonyl (C=O) groups is 1. The van der Waals surface area contributed by atoms with E-state index in [-0.39, 0.29) is 0 Å². The molecule has 0 amide bonds. The summed E-state index contributed by atoms with van der Waals surface area (Å²) in [5.41, 5.74) is -0.754. The van der Waals surface area contributed by atoms with Gasteiger partial charge in [0.05, 0.1) is 11.5 Å². The largest absolute Gasteiger partial charge is 0.481 e. The fourth-order valence-electron chi connectivity index (χ4n) is 0.475. The predicted octanol–water partition coefficient (Wildman–Crippen LogP) is 1.40. The van der Waals surface area contributed by atoms with Crippen LogP contribution in [0.1, 0.15) is 26.7 Å². The number of nitrogens with zero attached hydrogens (tertiary/aromatic N) is 1. The second-order valence-corrected chi connectivity index (χ2v) is 2.85. The van der Waals surface area contributed by atoms with Crippen molar-refractivity contribution in [1.29, 1.82) is 5.26 Å². The van der Waals surface area contributed by atoms with Gasteiger partial charge in [-0.25, -0.2) is 0 Å². The summed E-state index contributed by atoms with van der Waals surface area (Å²) in [5.74, 6) is -0.845.